The molecule has 0 unspecified atom stereocenters. The number of aromatic nitrogens is 4. The highest BCUT2D eigenvalue weighted by atomic mass is 32.1. The topological polar surface area (TPSA) is 64.2 Å². The minimum atomic E-state index is 0.00538. The van der Waals surface area contributed by atoms with Gasteiger partial charge in [0.15, 0.2) is 0 Å². The molecule has 0 radical (unpaired) electrons. The molecule has 1 N–H and O–H groups in total. The normalized spacial score (nSPS) is 14.1. The van der Waals surface area contributed by atoms with E-state index in [4.69, 9.17) is 0 Å². The van der Waals surface area contributed by atoms with E-state index in [-0.39, 0.29) is 5.56 Å². The summed E-state index contributed by atoms with van der Waals surface area (Å²) in [5, 5.41) is 12.5. The first kappa shape index (κ1) is 15.6. The molecule has 0 atom stereocenters. The second-order valence-electron chi connectivity index (χ2n) is 6.78. The Bertz CT molecular complexity index is 1200. The molecular weight excluding hydrogens is 346 g/mol. The lowest BCUT2D eigenvalue weighted by atomic mass is 9.97. The fourth-order valence-electron chi connectivity index (χ4n) is 3.83. The van der Waals surface area contributed by atoms with Crippen LogP contribution in [-0.2, 0) is 12.8 Å². The van der Waals surface area contributed by atoms with Crippen molar-refractivity contribution in [2.45, 2.75) is 32.6 Å². The largest absolute Gasteiger partial charge is 0.357 e. The lowest BCUT2D eigenvalue weighted by Gasteiger charge is -2.12. The van der Waals surface area contributed by atoms with Crippen LogP contribution in [-0.4, -0.2) is 26.2 Å². The third-order valence-corrected chi connectivity index (χ3v) is 6.41. The molecule has 4 aromatic rings. The van der Waals surface area contributed by atoms with E-state index in [9.17, 15) is 4.79 Å². The molecule has 1 aliphatic rings. The number of fused-ring (bicyclic) bond motifs is 5. The van der Waals surface area contributed by atoms with Crippen molar-refractivity contribution < 1.29 is 0 Å². The lowest BCUT2D eigenvalue weighted by molar-refractivity contribution is 0.699. The van der Waals surface area contributed by atoms with E-state index in [0.29, 0.717) is 11.7 Å². The summed E-state index contributed by atoms with van der Waals surface area (Å²) in [5.74, 6) is 1.21. The van der Waals surface area contributed by atoms with E-state index in [1.54, 1.807) is 15.9 Å². The van der Waals surface area contributed by atoms with Crippen LogP contribution in [0, 0.1) is 6.92 Å². The number of hydrogen-bond donors (Lipinski definition) is 1. The monoisotopic (exact) mass is 365 g/mol. The molecule has 7 heteroatoms. The van der Waals surface area contributed by atoms with Crippen molar-refractivity contribution in [1.82, 2.24) is 19.2 Å². The molecule has 0 spiro atoms. The Morgan fingerprint density at radius 3 is 2.65 bits per heavy atom. The Labute approximate surface area is 154 Å². The number of nitrogens with zero attached hydrogens (tertiary/aromatic N) is 4. The minimum Gasteiger partial charge on any atom is -0.357 e. The van der Waals surface area contributed by atoms with Gasteiger partial charge in [-0.25, -0.2) is 8.97 Å². The van der Waals surface area contributed by atoms with Crippen LogP contribution < -0.4 is 10.9 Å². The summed E-state index contributed by atoms with van der Waals surface area (Å²) in [7, 11) is 1.83. The van der Waals surface area contributed by atoms with Crippen molar-refractivity contribution in [1.29, 1.82) is 0 Å². The second kappa shape index (κ2) is 5.67. The van der Waals surface area contributed by atoms with E-state index < -0.39 is 0 Å². The quantitative estimate of drug-likeness (QED) is 0.592. The highest BCUT2D eigenvalue weighted by Crippen LogP contribution is 2.36. The number of aryl methyl sites for hydroxylation is 3. The third kappa shape index (κ3) is 2.07. The van der Waals surface area contributed by atoms with Gasteiger partial charge in [-0.15, -0.1) is 21.5 Å². The molecule has 1 aromatic carbocycles. The van der Waals surface area contributed by atoms with E-state index in [1.165, 1.54) is 16.9 Å². The molecule has 132 valence electrons. The summed E-state index contributed by atoms with van der Waals surface area (Å²) in [4.78, 5) is 15.8. The Balaban J connectivity index is 1.98. The molecule has 0 saturated carbocycles. The molecule has 0 aliphatic heterocycles. The molecular formula is C19H19N5OS. The molecule has 3 aromatic heterocycles. The molecule has 26 heavy (non-hydrogen) atoms. The number of rotatable bonds is 2. The maximum absolute atomic E-state index is 13.5. The molecule has 0 amide bonds. The Hall–Kier alpha value is -2.67. The number of thiophene rings is 1. The first-order valence-corrected chi connectivity index (χ1v) is 9.70. The van der Waals surface area contributed by atoms with Crippen LogP contribution in [0.5, 0.6) is 0 Å². The molecule has 5 rings (SSSR count). The van der Waals surface area contributed by atoms with Crippen molar-refractivity contribution in [3.8, 4) is 5.69 Å². The molecule has 0 saturated heterocycles. The van der Waals surface area contributed by atoms with Gasteiger partial charge in [-0.3, -0.25) is 4.79 Å². The predicted molar refractivity (Wildman–Crippen MR) is 105 cm³/mol. The van der Waals surface area contributed by atoms with Gasteiger partial charge in [0.25, 0.3) is 5.56 Å². The Morgan fingerprint density at radius 1 is 1.12 bits per heavy atom. The van der Waals surface area contributed by atoms with Crippen molar-refractivity contribution in [3.05, 3.63) is 50.6 Å². The summed E-state index contributed by atoms with van der Waals surface area (Å²) in [6.45, 7) is 2.04. The molecule has 3 heterocycles. The fraction of sp³-hybridized carbons (Fsp3) is 0.316. The fourth-order valence-corrected chi connectivity index (χ4v) is 5.21. The van der Waals surface area contributed by atoms with Gasteiger partial charge in [-0.05, 0) is 50.3 Å². The van der Waals surface area contributed by atoms with Crippen molar-refractivity contribution in [2.75, 3.05) is 12.4 Å². The van der Waals surface area contributed by atoms with Crippen LogP contribution in [0.1, 0.15) is 28.8 Å². The Morgan fingerprint density at radius 2 is 1.88 bits per heavy atom. The first-order chi connectivity index (χ1) is 12.7. The third-order valence-electron chi connectivity index (χ3n) is 5.13. The van der Waals surface area contributed by atoms with E-state index in [1.807, 2.05) is 42.6 Å². The highest BCUT2D eigenvalue weighted by molar-refractivity contribution is 7.19. The van der Waals surface area contributed by atoms with Crippen molar-refractivity contribution >= 4 is 33.3 Å². The summed E-state index contributed by atoms with van der Waals surface area (Å²) < 4.78 is 3.68. The van der Waals surface area contributed by atoms with Crippen molar-refractivity contribution in [2.24, 2.45) is 0 Å². The van der Waals surface area contributed by atoms with Crippen molar-refractivity contribution in [3.63, 3.8) is 0 Å². The zero-order valence-corrected chi connectivity index (χ0v) is 15.6. The summed E-state index contributed by atoms with van der Waals surface area (Å²) in [6.07, 6.45) is 4.36. The second-order valence-corrected chi connectivity index (χ2v) is 7.86. The predicted octanol–water partition coefficient (Wildman–Crippen LogP) is 3.32. The first-order valence-electron chi connectivity index (χ1n) is 8.88. The lowest BCUT2D eigenvalue weighted by Crippen LogP contribution is -2.22. The maximum atomic E-state index is 13.5. The zero-order chi connectivity index (χ0) is 17.8. The average molecular weight is 365 g/mol. The minimum absolute atomic E-state index is 0.00538. The van der Waals surface area contributed by atoms with Crippen LogP contribution in [0.15, 0.2) is 29.1 Å². The van der Waals surface area contributed by atoms with Crippen LogP contribution >= 0.6 is 11.3 Å². The molecule has 6 nitrogen and oxygen atoms in total. The van der Waals surface area contributed by atoms with Crippen LogP contribution in [0.4, 0.5) is 5.95 Å². The average Bonchev–Trinajstić information content (AvgIpc) is 3.24. The van der Waals surface area contributed by atoms with Crippen LogP contribution in [0.25, 0.3) is 21.7 Å². The maximum Gasteiger partial charge on any atom is 0.268 e. The summed E-state index contributed by atoms with van der Waals surface area (Å²) in [6, 6.07) is 7.96. The Kier molecular flexibility index (Phi) is 3.40. The van der Waals surface area contributed by atoms with Gasteiger partial charge in [0.1, 0.15) is 4.83 Å². The number of nitrogens with one attached hydrogen (secondary N) is 1. The zero-order valence-electron chi connectivity index (χ0n) is 14.7. The summed E-state index contributed by atoms with van der Waals surface area (Å²) >= 11 is 1.71. The molecule has 1 aliphatic carbocycles. The van der Waals surface area contributed by atoms with E-state index in [2.05, 4.69) is 15.5 Å². The van der Waals surface area contributed by atoms with Crippen LogP contribution in [0.2, 0.25) is 0 Å². The standard InChI is InChI=1S/C19H19N5OS/c1-11-7-9-12(10-8-11)23-16(25)15-13-5-3-4-6-14(13)26-17(15)24-18(20-2)21-22-19(23)24/h7-10H,3-6H2,1-2H3,(H,20,21). The van der Waals surface area contributed by atoms with E-state index >= 15 is 0 Å². The van der Waals surface area contributed by atoms with Gasteiger partial charge < -0.3 is 5.32 Å². The molecule has 0 fully saturated rings. The van der Waals surface area contributed by atoms with Gasteiger partial charge in [0.2, 0.25) is 11.7 Å². The van der Waals surface area contributed by atoms with Gasteiger partial charge in [-0.1, -0.05) is 17.7 Å². The number of benzene rings is 1. The molecule has 0 bridgehead atoms. The highest BCUT2D eigenvalue weighted by Gasteiger charge is 2.25. The number of hydrogen-bond acceptors (Lipinski definition) is 5. The summed E-state index contributed by atoms with van der Waals surface area (Å²) in [5.41, 5.74) is 3.20. The van der Waals surface area contributed by atoms with Gasteiger partial charge in [0, 0.05) is 11.9 Å². The van der Waals surface area contributed by atoms with Crippen LogP contribution in [0.3, 0.4) is 0 Å². The van der Waals surface area contributed by atoms with E-state index in [0.717, 1.165) is 40.7 Å². The van der Waals surface area contributed by atoms with Gasteiger partial charge in [0.05, 0.1) is 11.1 Å². The number of anilines is 1. The van der Waals surface area contributed by atoms with Gasteiger partial charge in [-0.2, -0.15) is 0 Å². The smallest absolute Gasteiger partial charge is 0.268 e. The SMILES string of the molecule is CNc1nnc2n(-c3ccc(C)cc3)c(=O)c3c4c(sc3n12)CCCC4. The van der Waals surface area contributed by atoms with Gasteiger partial charge >= 0.3 is 0 Å².